The smallest absolute Gasteiger partial charge is 0.109 e. The molecule has 0 saturated carbocycles. The minimum atomic E-state index is 0. The molecular formula is C15H17Cl2SZr-. The Kier molecular flexibility index (Phi) is 15.3. The molecule has 1 atom stereocenters. The topological polar surface area (TPSA) is 0 Å². The first-order chi connectivity index (χ1) is 8.20. The van der Waals surface area contributed by atoms with Crippen molar-refractivity contribution in [3.63, 3.8) is 0 Å². The zero-order chi connectivity index (χ0) is 12.5. The first-order valence-corrected chi connectivity index (χ1v) is 7.76. The second-order valence-corrected chi connectivity index (χ2v) is 7.37. The molecule has 1 heterocycles. The first-order valence-electron chi connectivity index (χ1n) is 5.65. The summed E-state index contributed by atoms with van der Waals surface area (Å²) in [6.07, 6.45) is 18.7. The van der Waals surface area contributed by atoms with E-state index in [0.717, 1.165) is 6.42 Å². The molecule has 3 aliphatic rings. The summed E-state index contributed by atoms with van der Waals surface area (Å²) < 4.78 is 1.51. The van der Waals surface area contributed by atoms with Crippen molar-refractivity contribution in [2.24, 2.45) is 5.92 Å². The van der Waals surface area contributed by atoms with E-state index in [0.29, 0.717) is 5.92 Å². The molecule has 0 saturated heterocycles. The number of halogens is 2. The predicted octanol–water partition coefficient (Wildman–Crippen LogP) is -1.62. The molecule has 0 aromatic carbocycles. The van der Waals surface area contributed by atoms with Gasteiger partial charge in [0.25, 0.3) is 0 Å². The van der Waals surface area contributed by atoms with E-state index in [1.165, 1.54) is 8.11 Å². The molecule has 0 radical (unpaired) electrons. The maximum absolute atomic E-state index is 2.99. The Morgan fingerprint density at radius 3 is 2.37 bits per heavy atom. The van der Waals surface area contributed by atoms with Crippen molar-refractivity contribution in [2.75, 3.05) is 0 Å². The van der Waals surface area contributed by atoms with Crippen LogP contribution in [0.3, 0.4) is 0 Å². The van der Waals surface area contributed by atoms with Gasteiger partial charge < -0.3 is 24.8 Å². The van der Waals surface area contributed by atoms with Crippen LogP contribution in [-0.2, 0) is 24.2 Å². The fraction of sp³-hybridized carbons (Fsp3) is 0.267. The van der Waals surface area contributed by atoms with Crippen LogP contribution in [0.4, 0.5) is 0 Å². The zero-order valence-corrected chi connectivity index (χ0v) is 15.9. The van der Waals surface area contributed by atoms with Crippen molar-refractivity contribution in [1.29, 1.82) is 0 Å². The van der Waals surface area contributed by atoms with Crippen LogP contribution in [0.5, 0.6) is 0 Å². The molecule has 0 N–H and O–H groups in total. The second-order valence-electron chi connectivity index (χ2n) is 3.93. The predicted molar refractivity (Wildman–Crippen MR) is 75.4 cm³/mol. The standard InChI is InChI=1S/C7H6S.C5H5.C3H6.2ClH.Zr/c1-2-6-4-5-8-7(6)3-1;1-2-4-5-3-1;1-3-2;;;/h1-6H;1-3H,4H2;1-2H3;2*1H;/q;-1;;;;+2/p-2. The Hall–Kier alpha value is 0.383. The SMILES string of the molecule is C1=CC2C=CSC2=C1.C[C](C)=[Zr+2].[C-]1=CC=CC1.[Cl-].[Cl-]. The Morgan fingerprint density at radius 2 is 1.95 bits per heavy atom. The summed E-state index contributed by atoms with van der Waals surface area (Å²) in [6.45, 7) is 4.25. The summed E-state index contributed by atoms with van der Waals surface area (Å²) in [7, 11) is 0. The van der Waals surface area contributed by atoms with Crippen molar-refractivity contribution in [1.82, 2.24) is 0 Å². The van der Waals surface area contributed by atoms with Crippen molar-refractivity contribution in [3.8, 4) is 0 Å². The van der Waals surface area contributed by atoms with E-state index < -0.39 is 0 Å². The van der Waals surface area contributed by atoms with Gasteiger partial charge in [-0.1, -0.05) is 24.3 Å². The second kappa shape index (κ2) is 13.4. The van der Waals surface area contributed by atoms with Crippen LogP contribution in [0.1, 0.15) is 20.3 Å². The Bertz CT molecular complexity index is 392. The molecule has 1 aliphatic heterocycles. The molecule has 0 aromatic heterocycles. The van der Waals surface area contributed by atoms with Crippen LogP contribution in [-0.4, -0.2) is 3.21 Å². The molecule has 0 spiro atoms. The van der Waals surface area contributed by atoms with E-state index >= 15 is 0 Å². The number of hydrogen-bond acceptors (Lipinski definition) is 1. The summed E-state index contributed by atoms with van der Waals surface area (Å²) in [6, 6.07) is 0. The number of hydrogen-bond donors (Lipinski definition) is 0. The molecule has 0 bridgehead atoms. The molecule has 0 nitrogen and oxygen atoms in total. The Balaban J connectivity index is 0. The summed E-state index contributed by atoms with van der Waals surface area (Å²) in [5.74, 6) is 0.639. The number of rotatable bonds is 0. The molecule has 19 heavy (non-hydrogen) atoms. The molecule has 0 amide bonds. The molecule has 102 valence electrons. The van der Waals surface area contributed by atoms with Crippen LogP contribution in [0.2, 0.25) is 0 Å². The van der Waals surface area contributed by atoms with Gasteiger partial charge in [0.2, 0.25) is 0 Å². The van der Waals surface area contributed by atoms with Gasteiger partial charge in [-0.2, -0.15) is 6.08 Å². The van der Waals surface area contributed by atoms with Gasteiger partial charge in [0.1, 0.15) is 0 Å². The van der Waals surface area contributed by atoms with Crippen LogP contribution >= 0.6 is 11.8 Å². The maximum atomic E-state index is 2.99. The van der Waals surface area contributed by atoms with Gasteiger partial charge in [0.15, 0.2) is 0 Å². The fourth-order valence-corrected chi connectivity index (χ4v) is 2.17. The van der Waals surface area contributed by atoms with E-state index in [9.17, 15) is 0 Å². The van der Waals surface area contributed by atoms with E-state index in [-0.39, 0.29) is 24.8 Å². The summed E-state index contributed by atoms with van der Waals surface area (Å²) in [5, 5.41) is 2.15. The largest absolute Gasteiger partial charge is 1.00 e. The average molecular weight is 391 g/mol. The van der Waals surface area contributed by atoms with Crippen molar-refractivity contribution >= 4 is 15.0 Å². The van der Waals surface area contributed by atoms with Gasteiger partial charge in [-0.15, -0.1) is 18.2 Å². The summed E-state index contributed by atoms with van der Waals surface area (Å²) >= 11 is 3.38. The number of thioether (sulfide) groups is 1. The molecule has 4 heteroatoms. The number of fused-ring (bicyclic) bond motifs is 1. The van der Waals surface area contributed by atoms with Gasteiger partial charge >= 0.3 is 41.3 Å². The Labute approximate surface area is 148 Å². The molecule has 1 unspecified atom stereocenters. The van der Waals surface area contributed by atoms with Crippen molar-refractivity contribution in [3.05, 3.63) is 58.9 Å². The van der Waals surface area contributed by atoms with E-state index in [1.54, 1.807) is 24.2 Å². The van der Waals surface area contributed by atoms with Crippen molar-refractivity contribution in [2.45, 2.75) is 20.3 Å². The van der Waals surface area contributed by atoms with Crippen LogP contribution in [0, 0.1) is 12.0 Å². The molecule has 3 rings (SSSR count). The molecular weight excluding hydrogens is 374 g/mol. The number of allylic oxidation sites excluding steroid dienone is 9. The van der Waals surface area contributed by atoms with Gasteiger partial charge in [0, 0.05) is 5.92 Å². The summed E-state index contributed by atoms with van der Waals surface area (Å²) in [4.78, 5) is 1.48. The van der Waals surface area contributed by atoms with Crippen LogP contribution in [0.25, 0.3) is 0 Å². The first kappa shape index (κ1) is 21.7. The minimum Gasteiger partial charge on any atom is -1.00 e. The van der Waals surface area contributed by atoms with Crippen molar-refractivity contribution < 1.29 is 49.0 Å². The van der Waals surface area contributed by atoms with E-state index in [2.05, 4.69) is 55.7 Å². The minimum absolute atomic E-state index is 0. The molecule has 2 aliphatic carbocycles. The Morgan fingerprint density at radius 1 is 1.26 bits per heavy atom. The quantitative estimate of drug-likeness (QED) is 0.447. The zero-order valence-electron chi connectivity index (χ0n) is 11.1. The normalized spacial score (nSPS) is 19.2. The third kappa shape index (κ3) is 10.8. The molecule has 0 aromatic rings. The fourth-order valence-electron chi connectivity index (χ4n) is 1.30. The van der Waals surface area contributed by atoms with Crippen LogP contribution in [0.15, 0.2) is 52.8 Å². The van der Waals surface area contributed by atoms with Gasteiger partial charge in [-0.3, -0.25) is 6.08 Å². The monoisotopic (exact) mass is 389 g/mol. The average Bonchev–Trinajstić information content (AvgIpc) is 2.97. The maximum Gasteiger partial charge on any atom is -0.109 e. The third-order valence-electron chi connectivity index (χ3n) is 1.98. The molecule has 0 fully saturated rings. The van der Waals surface area contributed by atoms with Gasteiger partial charge in [-0.25, -0.2) is 12.2 Å². The van der Waals surface area contributed by atoms with E-state index in [4.69, 9.17) is 0 Å². The summed E-state index contributed by atoms with van der Waals surface area (Å²) in [5.41, 5.74) is 0. The van der Waals surface area contributed by atoms with E-state index in [1.807, 2.05) is 23.9 Å². The third-order valence-corrected chi connectivity index (χ3v) is 2.96. The van der Waals surface area contributed by atoms with Gasteiger partial charge in [-0.05, 0) is 10.3 Å². The van der Waals surface area contributed by atoms with Gasteiger partial charge in [0.05, 0.1) is 0 Å². The van der Waals surface area contributed by atoms with Crippen LogP contribution < -0.4 is 24.8 Å².